The van der Waals surface area contributed by atoms with Crippen molar-refractivity contribution in [3.63, 3.8) is 0 Å². The SMILES string of the molecule is O=C(CN(Cc1ccc(Cl)cc1)S(=O)(=O)c1ccc(Br)cc1)NCCO. The minimum Gasteiger partial charge on any atom is -0.395 e. The van der Waals surface area contributed by atoms with Crippen LogP contribution in [0.2, 0.25) is 5.02 Å². The molecule has 0 bridgehead atoms. The second kappa shape index (κ2) is 9.48. The van der Waals surface area contributed by atoms with E-state index in [9.17, 15) is 13.2 Å². The van der Waals surface area contributed by atoms with E-state index in [4.69, 9.17) is 16.7 Å². The van der Waals surface area contributed by atoms with Crippen LogP contribution >= 0.6 is 27.5 Å². The van der Waals surface area contributed by atoms with Gasteiger partial charge < -0.3 is 10.4 Å². The molecule has 0 atom stereocenters. The molecule has 9 heteroatoms. The number of rotatable bonds is 8. The highest BCUT2D eigenvalue weighted by Gasteiger charge is 2.26. The van der Waals surface area contributed by atoms with Crippen LogP contribution in [0.25, 0.3) is 0 Å². The minimum absolute atomic E-state index is 0.0160. The molecule has 0 unspecified atom stereocenters. The molecule has 1 amide bonds. The monoisotopic (exact) mass is 460 g/mol. The molecule has 0 spiro atoms. The fraction of sp³-hybridized carbons (Fsp3) is 0.235. The average Bonchev–Trinajstić information content (AvgIpc) is 2.61. The number of carbonyl (C=O) groups is 1. The van der Waals surface area contributed by atoms with E-state index in [1.54, 1.807) is 36.4 Å². The Hall–Kier alpha value is -1.45. The lowest BCUT2D eigenvalue weighted by Crippen LogP contribution is -2.41. The van der Waals surface area contributed by atoms with Gasteiger partial charge in [-0.05, 0) is 42.0 Å². The lowest BCUT2D eigenvalue weighted by molar-refractivity contribution is -0.121. The Bertz CT molecular complexity index is 842. The van der Waals surface area contributed by atoms with E-state index in [1.165, 1.54) is 12.1 Å². The largest absolute Gasteiger partial charge is 0.395 e. The summed E-state index contributed by atoms with van der Waals surface area (Å²) in [6.45, 7) is -0.503. The van der Waals surface area contributed by atoms with Gasteiger partial charge in [0.1, 0.15) is 0 Å². The lowest BCUT2D eigenvalue weighted by atomic mass is 10.2. The summed E-state index contributed by atoms with van der Waals surface area (Å²) in [7, 11) is -3.89. The summed E-state index contributed by atoms with van der Waals surface area (Å²) >= 11 is 9.14. The van der Waals surface area contributed by atoms with Crippen LogP contribution in [0.3, 0.4) is 0 Å². The van der Waals surface area contributed by atoms with Gasteiger partial charge >= 0.3 is 0 Å². The summed E-state index contributed by atoms with van der Waals surface area (Å²) < 4.78 is 27.8. The number of halogens is 2. The number of aliphatic hydroxyl groups is 1. The van der Waals surface area contributed by atoms with Crippen molar-refractivity contribution in [2.75, 3.05) is 19.7 Å². The van der Waals surface area contributed by atoms with E-state index in [-0.39, 0.29) is 31.1 Å². The highest BCUT2D eigenvalue weighted by Crippen LogP contribution is 2.21. The zero-order valence-corrected chi connectivity index (χ0v) is 16.9. The molecule has 0 aromatic heterocycles. The zero-order valence-electron chi connectivity index (χ0n) is 13.7. The Morgan fingerprint density at radius 1 is 1.12 bits per heavy atom. The summed E-state index contributed by atoms with van der Waals surface area (Å²) in [5.41, 5.74) is 0.699. The molecule has 2 N–H and O–H groups in total. The smallest absolute Gasteiger partial charge is 0.243 e. The third kappa shape index (κ3) is 5.78. The van der Waals surface area contributed by atoms with E-state index >= 15 is 0 Å². The molecule has 140 valence electrons. The molecule has 0 heterocycles. The highest BCUT2D eigenvalue weighted by molar-refractivity contribution is 9.10. The molecule has 2 aromatic rings. The maximum Gasteiger partial charge on any atom is 0.243 e. The number of hydrogen-bond acceptors (Lipinski definition) is 4. The molecule has 2 aromatic carbocycles. The normalized spacial score (nSPS) is 11.5. The highest BCUT2D eigenvalue weighted by atomic mass is 79.9. The third-order valence-electron chi connectivity index (χ3n) is 3.48. The summed E-state index contributed by atoms with van der Waals surface area (Å²) in [6, 6.07) is 12.9. The molecule has 0 saturated carbocycles. The number of aliphatic hydroxyl groups excluding tert-OH is 1. The van der Waals surface area contributed by atoms with Crippen molar-refractivity contribution >= 4 is 43.5 Å². The molecule has 0 saturated heterocycles. The molecule has 26 heavy (non-hydrogen) atoms. The fourth-order valence-corrected chi connectivity index (χ4v) is 3.96. The lowest BCUT2D eigenvalue weighted by Gasteiger charge is -2.22. The topological polar surface area (TPSA) is 86.7 Å². The number of nitrogens with one attached hydrogen (secondary N) is 1. The number of benzene rings is 2. The quantitative estimate of drug-likeness (QED) is 0.632. The van der Waals surface area contributed by atoms with Gasteiger partial charge in [-0.1, -0.05) is 39.7 Å². The van der Waals surface area contributed by atoms with Gasteiger partial charge in [0.2, 0.25) is 15.9 Å². The first kappa shape index (κ1) is 20.9. The van der Waals surface area contributed by atoms with E-state index < -0.39 is 15.9 Å². The van der Waals surface area contributed by atoms with Gasteiger partial charge in [-0.2, -0.15) is 4.31 Å². The van der Waals surface area contributed by atoms with Crippen molar-refractivity contribution in [2.45, 2.75) is 11.4 Å². The van der Waals surface area contributed by atoms with Crippen molar-refractivity contribution in [3.8, 4) is 0 Å². The molecule has 0 fully saturated rings. The van der Waals surface area contributed by atoms with E-state index in [0.29, 0.717) is 10.6 Å². The van der Waals surface area contributed by atoms with Crippen molar-refractivity contribution in [3.05, 3.63) is 63.6 Å². The van der Waals surface area contributed by atoms with Crippen molar-refractivity contribution < 1.29 is 18.3 Å². The first-order chi connectivity index (χ1) is 12.3. The van der Waals surface area contributed by atoms with Gasteiger partial charge in [0, 0.05) is 22.6 Å². The summed E-state index contributed by atoms with van der Waals surface area (Å²) in [6.07, 6.45) is 0. The van der Waals surface area contributed by atoms with Gasteiger partial charge in [-0.25, -0.2) is 8.42 Å². The van der Waals surface area contributed by atoms with Crippen LogP contribution in [0.4, 0.5) is 0 Å². The van der Waals surface area contributed by atoms with Crippen LogP contribution in [-0.2, 0) is 21.4 Å². The van der Waals surface area contributed by atoms with Gasteiger partial charge in [-0.3, -0.25) is 4.79 Å². The second-order valence-corrected chi connectivity index (χ2v) is 8.72. The second-order valence-electron chi connectivity index (χ2n) is 5.43. The Morgan fingerprint density at radius 2 is 1.73 bits per heavy atom. The van der Waals surface area contributed by atoms with Crippen LogP contribution in [0.5, 0.6) is 0 Å². The minimum atomic E-state index is -3.89. The van der Waals surface area contributed by atoms with Crippen molar-refractivity contribution in [1.82, 2.24) is 9.62 Å². The van der Waals surface area contributed by atoms with Crippen LogP contribution in [0, 0.1) is 0 Å². The number of amides is 1. The fourth-order valence-electron chi connectivity index (χ4n) is 2.19. The third-order valence-corrected chi connectivity index (χ3v) is 6.06. The first-order valence-electron chi connectivity index (χ1n) is 7.70. The predicted octanol–water partition coefficient (Wildman–Crippen LogP) is 2.40. The summed E-state index contributed by atoms with van der Waals surface area (Å²) in [5, 5.41) is 11.8. The average molecular weight is 462 g/mol. The van der Waals surface area contributed by atoms with Crippen LogP contribution in [-0.4, -0.2) is 43.4 Å². The van der Waals surface area contributed by atoms with Crippen molar-refractivity contribution in [1.29, 1.82) is 0 Å². The molecule has 0 radical (unpaired) electrons. The summed E-state index contributed by atoms with van der Waals surface area (Å²) in [4.78, 5) is 12.1. The molecule has 0 aliphatic carbocycles. The number of nitrogens with zero attached hydrogens (tertiary/aromatic N) is 1. The van der Waals surface area contributed by atoms with E-state index in [2.05, 4.69) is 21.2 Å². The molecular formula is C17H18BrClN2O4S. The van der Waals surface area contributed by atoms with E-state index in [1.807, 2.05) is 0 Å². The molecule has 2 rings (SSSR count). The molecular weight excluding hydrogens is 444 g/mol. The van der Waals surface area contributed by atoms with Gasteiger partial charge in [-0.15, -0.1) is 0 Å². The number of sulfonamides is 1. The maximum atomic E-state index is 13.0. The Labute approximate surface area is 166 Å². The van der Waals surface area contributed by atoms with Gasteiger partial charge in [0.25, 0.3) is 0 Å². The Kier molecular flexibility index (Phi) is 7.60. The van der Waals surface area contributed by atoms with Crippen LogP contribution in [0.1, 0.15) is 5.56 Å². The predicted molar refractivity (Wildman–Crippen MR) is 103 cm³/mol. The van der Waals surface area contributed by atoms with Crippen LogP contribution in [0.15, 0.2) is 57.9 Å². The zero-order chi connectivity index (χ0) is 19.2. The molecule has 0 aliphatic heterocycles. The van der Waals surface area contributed by atoms with E-state index in [0.717, 1.165) is 8.78 Å². The number of hydrogen-bond donors (Lipinski definition) is 2. The maximum absolute atomic E-state index is 13.0. The van der Waals surface area contributed by atoms with Gasteiger partial charge in [0.05, 0.1) is 18.0 Å². The Morgan fingerprint density at radius 3 is 2.31 bits per heavy atom. The molecule has 0 aliphatic rings. The number of carbonyl (C=O) groups excluding carboxylic acids is 1. The standard InChI is InChI=1S/C17H18BrClN2O4S/c18-14-3-7-16(8-4-14)26(24,25)21(12-17(23)20-9-10-22)11-13-1-5-15(19)6-2-13/h1-8,22H,9-12H2,(H,20,23). The van der Waals surface area contributed by atoms with Crippen LogP contribution < -0.4 is 5.32 Å². The summed E-state index contributed by atoms with van der Waals surface area (Å²) in [5.74, 6) is -0.492. The molecule has 6 nitrogen and oxygen atoms in total. The first-order valence-corrected chi connectivity index (χ1v) is 10.3. The van der Waals surface area contributed by atoms with Crippen molar-refractivity contribution in [2.24, 2.45) is 0 Å². The Balaban J connectivity index is 2.30. The van der Waals surface area contributed by atoms with Gasteiger partial charge in [0.15, 0.2) is 0 Å².